The van der Waals surface area contributed by atoms with Crippen molar-refractivity contribution in [3.63, 3.8) is 0 Å². The van der Waals surface area contributed by atoms with Crippen molar-refractivity contribution in [3.8, 4) is 5.75 Å². The van der Waals surface area contributed by atoms with Gasteiger partial charge in [-0.25, -0.2) is 4.79 Å². The number of phenols is 1. The van der Waals surface area contributed by atoms with E-state index < -0.39 is 0 Å². The summed E-state index contributed by atoms with van der Waals surface area (Å²) in [7, 11) is 1.36. The predicted octanol–water partition coefficient (Wildman–Crippen LogP) is 1.84. The van der Waals surface area contributed by atoms with E-state index in [4.69, 9.17) is 0 Å². The molecule has 0 unspecified atom stereocenters. The summed E-state index contributed by atoms with van der Waals surface area (Å²) in [6.07, 6.45) is 0.880. The van der Waals surface area contributed by atoms with Crippen LogP contribution < -0.4 is 5.32 Å². The topological polar surface area (TPSA) is 74.3 Å². The second-order valence-corrected chi connectivity index (χ2v) is 4.48. The summed E-state index contributed by atoms with van der Waals surface area (Å²) < 4.78 is 4.63. The lowest BCUT2D eigenvalue weighted by molar-refractivity contribution is 0.0594. The number of nitrogens with one attached hydrogen (secondary N) is 2. The van der Waals surface area contributed by atoms with Crippen LogP contribution in [0.15, 0.2) is 36.4 Å². The van der Waals surface area contributed by atoms with E-state index in [1.165, 1.54) is 7.11 Å². The average molecular weight is 274 g/mol. The fourth-order valence-corrected chi connectivity index (χ4v) is 1.89. The van der Waals surface area contributed by atoms with Gasteiger partial charge in [-0.2, -0.15) is 0 Å². The molecule has 0 saturated carbocycles. The Morgan fingerprint density at radius 2 is 2.00 bits per heavy atom. The van der Waals surface area contributed by atoms with Crippen LogP contribution in [0.25, 0.3) is 0 Å². The molecule has 0 atom stereocenters. The fraction of sp³-hybridized carbons (Fsp3) is 0.267. The van der Waals surface area contributed by atoms with E-state index in [9.17, 15) is 9.90 Å². The Kier molecular flexibility index (Phi) is 4.79. The van der Waals surface area contributed by atoms with Gasteiger partial charge in [-0.05, 0) is 42.8 Å². The molecule has 0 spiro atoms. The molecule has 3 N–H and O–H groups in total. The first-order valence-electron chi connectivity index (χ1n) is 6.44. The Morgan fingerprint density at radius 1 is 1.25 bits per heavy atom. The quantitative estimate of drug-likeness (QED) is 0.555. The Labute approximate surface area is 117 Å². The van der Waals surface area contributed by atoms with E-state index in [0.29, 0.717) is 12.2 Å². The SMILES string of the molecule is COC(=O)c1ccc(CNCCc2ccc(O)cc2)[nH]1. The third kappa shape index (κ3) is 3.86. The number of benzene rings is 1. The van der Waals surface area contributed by atoms with Crippen LogP contribution in [0.5, 0.6) is 5.75 Å². The third-order valence-electron chi connectivity index (χ3n) is 2.99. The van der Waals surface area contributed by atoms with E-state index in [2.05, 4.69) is 15.0 Å². The van der Waals surface area contributed by atoms with Crippen molar-refractivity contribution in [2.24, 2.45) is 0 Å². The molecule has 0 bridgehead atoms. The maximum absolute atomic E-state index is 11.3. The lowest BCUT2D eigenvalue weighted by Crippen LogP contribution is -2.17. The van der Waals surface area contributed by atoms with Gasteiger partial charge in [0.1, 0.15) is 11.4 Å². The molecule has 0 amide bonds. The van der Waals surface area contributed by atoms with Crippen LogP contribution in [0, 0.1) is 0 Å². The maximum atomic E-state index is 11.3. The first-order valence-corrected chi connectivity index (χ1v) is 6.44. The van der Waals surface area contributed by atoms with Crippen LogP contribution in [0.4, 0.5) is 0 Å². The summed E-state index contributed by atoms with van der Waals surface area (Å²) in [5, 5.41) is 12.5. The van der Waals surface area contributed by atoms with Crippen molar-refractivity contribution in [3.05, 3.63) is 53.3 Å². The molecule has 0 aliphatic carbocycles. The summed E-state index contributed by atoms with van der Waals surface area (Å²) >= 11 is 0. The molecule has 1 aromatic heterocycles. The number of aromatic hydroxyl groups is 1. The van der Waals surface area contributed by atoms with Crippen molar-refractivity contribution in [2.45, 2.75) is 13.0 Å². The highest BCUT2D eigenvalue weighted by Gasteiger charge is 2.07. The minimum atomic E-state index is -0.361. The lowest BCUT2D eigenvalue weighted by Gasteiger charge is -2.04. The molecule has 2 rings (SSSR count). The Bertz CT molecular complexity index is 561. The first-order chi connectivity index (χ1) is 9.69. The fourth-order valence-electron chi connectivity index (χ4n) is 1.89. The zero-order valence-corrected chi connectivity index (χ0v) is 11.3. The first kappa shape index (κ1) is 14.1. The van der Waals surface area contributed by atoms with Gasteiger partial charge in [0.2, 0.25) is 0 Å². The molecule has 2 aromatic rings. The highest BCUT2D eigenvalue weighted by atomic mass is 16.5. The zero-order chi connectivity index (χ0) is 14.4. The van der Waals surface area contributed by atoms with Crippen LogP contribution in [0.3, 0.4) is 0 Å². The molecule has 1 heterocycles. The number of methoxy groups -OCH3 is 1. The van der Waals surface area contributed by atoms with Crippen LogP contribution in [-0.4, -0.2) is 29.7 Å². The highest BCUT2D eigenvalue weighted by Crippen LogP contribution is 2.09. The summed E-state index contributed by atoms with van der Waals surface area (Å²) in [5.74, 6) is -0.0798. The molecule has 0 aliphatic heterocycles. The molecule has 5 heteroatoms. The van der Waals surface area contributed by atoms with E-state index in [0.717, 1.165) is 24.2 Å². The molecule has 0 radical (unpaired) electrons. The van der Waals surface area contributed by atoms with E-state index in [1.807, 2.05) is 18.2 Å². The number of phenolic OH excluding ortho intramolecular Hbond substituents is 1. The number of H-pyrrole nitrogens is 1. The van der Waals surface area contributed by atoms with E-state index in [-0.39, 0.29) is 11.7 Å². The number of rotatable bonds is 6. The number of hydrogen-bond donors (Lipinski definition) is 3. The number of carbonyl (C=O) groups excluding carboxylic acids is 1. The summed E-state index contributed by atoms with van der Waals surface area (Å²) in [6.45, 7) is 1.48. The summed E-state index contributed by atoms with van der Waals surface area (Å²) in [6, 6.07) is 10.7. The van der Waals surface area contributed by atoms with Crippen LogP contribution in [0.2, 0.25) is 0 Å². The van der Waals surface area contributed by atoms with Crippen molar-refractivity contribution >= 4 is 5.97 Å². The van der Waals surface area contributed by atoms with Crippen molar-refractivity contribution < 1.29 is 14.6 Å². The van der Waals surface area contributed by atoms with Gasteiger partial charge < -0.3 is 20.1 Å². The predicted molar refractivity (Wildman–Crippen MR) is 75.6 cm³/mol. The Balaban J connectivity index is 1.74. The van der Waals surface area contributed by atoms with Gasteiger partial charge in [0, 0.05) is 12.2 Å². The van der Waals surface area contributed by atoms with E-state index in [1.54, 1.807) is 18.2 Å². The smallest absolute Gasteiger partial charge is 0.354 e. The number of aromatic amines is 1. The van der Waals surface area contributed by atoms with Gasteiger partial charge in [-0.1, -0.05) is 12.1 Å². The van der Waals surface area contributed by atoms with Crippen molar-refractivity contribution in [1.82, 2.24) is 10.3 Å². The number of hydrogen-bond acceptors (Lipinski definition) is 4. The second kappa shape index (κ2) is 6.77. The Morgan fingerprint density at radius 3 is 2.70 bits per heavy atom. The molecule has 1 aromatic carbocycles. The molecular weight excluding hydrogens is 256 g/mol. The van der Waals surface area contributed by atoms with Gasteiger partial charge in [0.05, 0.1) is 7.11 Å². The number of carbonyl (C=O) groups is 1. The normalized spacial score (nSPS) is 10.4. The number of aromatic nitrogens is 1. The largest absolute Gasteiger partial charge is 0.508 e. The van der Waals surface area contributed by atoms with Crippen LogP contribution in [0.1, 0.15) is 21.7 Å². The zero-order valence-electron chi connectivity index (χ0n) is 11.3. The van der Waals surface area contributed by atoms with Gasteiger partial charge >= 0.3 is 5.97 Å². The molecule has 0 saturated heterocycles. The molecule has 0 aliphatic rings. The number of esters is 1. The minimum absolute atomic E-state index is 0.281. The molecule has 20 heavy (non-hydrogen) atoms. The summed E-state index contributed by atoms with van der Waals surface area (Å²) in [4.78, 5) is 14.3. The standard InChI is InChI=1S/C15H18N2O3/c1-20-15(19)14-7-4-12(17-14)10-16-9-8-11-2-5-13(18)6-3-11/h2-7,16-18H,8-10H2,1H3. The lowest BCUT2D eigenvalue weighted by atomic mass is 10.1. The highest BCUT2D eigenvalue weighted by molar-refractivity contribution is 5.87. The molecule has 0 fully saturated rings. The Hall–Kier alpha value is -2.27. The average Bonchev–Trinajstić information content (AvgIpc) is 2.93. The van der Waals surface area contributed by atoms with Gasteiger partial charge in [-0.3, -0.25) is 0 Å². The van der Waals surface area contributed by atoms with Gasteiger partial charge in [-0.15, -0.1) is 0 Å². The van der Waals surface area contributed by atoms with E-state index >= 15 is 0 Å². The second-order valence-electron chi connectivity index (χ2n) is 4.48. The van der Waals surface area contributed by atoms with Crippen LogP contribution in [-0.2, 0) is 17.7 Å². The monoisotopic (exact) mass is 274 g/mol. The van der Waals surface area contributed by atoms with Crippen molar-refractivity contribution in [2.75, 3.05) is 13.7 Å². The molecule has 5 nitrogen and oxygen atoms in total. The van der Waals surface area contributed by atoms with Gasteiger partial charge in [0.15, 0.2) is 0 Å². The maximum Gasteiger partial charge on any atom is 0.354 e. The molecule has 106 valence electrons. The molecular formula is C15H18N2O3. The summed E-state index contributed by atoms with van der Waals surface area (Å²) in [5.41, 5.74) is 2.57. The van der Waals surface area contributed by atoms with Crippen molar-refractivity contribution in [1.29, 1.82) is 0 Å². The minimum Gasteiger partial charge on any atom is -0.508 e. The number of ether oxygens (including phenoxy) is 1. The van der Waals surface area contributed by atoms with Gasteiger partial charge in [0.25, 0.3) is 0 Å². The third-order valence-corrected chi connectivity index (χ3v) is 2.99. The van der Waals surface area contributed by atoms with Crippen LogP contribution >= 0.6 is 0 Å².